The van der Waals surface area contributed by atoms with Crippen LogP contribution in [0.25, 0.3) is 0 Å². The van der Waals surface area contributed by atoms with E-state index in [-0.39, 0.29) is 17.7 Å². The predicted octanol–water partition coefficient (Wildman–Crippen LogP) is 3.31. The molecule has 0 aromatic heterocycles. The minimum Gasteiger partial charge on any atom is -0.457 e. The summed E-state index contributed by atoms with van der Waals surface area (Å²) >= 11 is 0. The first-order valence-electron chi connectivity index (χ1n) is 8.46. The van der Waals surface area contributed by atoms with E-state index in [0.29, 0.717) is 25.3 Å². The molecule has 0 spiro atoms. The summed E-state index contributed by atoms with van der Waals surface area (Å²) in [5.74, 6) is 1.24. The Balaban J connectivity index is 1.65. The molecule has 1 fully saturated rings. The van der Waals surface area contributed by atoms with Gasteiger partial charge in [0, 0.05) is 32.2 Å². The van der Waals surface area contributed by atoms with Crippen LogP contribution in [-0.2, 0) is 9.59 Å². The van der Waals surface area contributed by atoms with Crippen LogP contribution in [0.15, 0.2) is 54.6 Å². The minimum absolute atomic E-state index is 0.0268. The number of likely N-dealkylation sites (tertiary alicyclic amines) is 1. The van der Waals surface area contributed by atoms with Crippen molar-refractivity contribution in [1.29, 1.82) is 0 Å². The van der Waals surface area contributed by atoms with Crippen molar-refractivity contribution in [2.75, 3.05) is 25.0 Å². The number of hydrogen-bond donors (Lipinski definition) is 0. The van der Waals surface area contributed by atoms with Gasteiger partial charge in [-0.2, -0.15) is 0 Å². The van der Waals surface area contributed by atoms with Gasteiger partial charge in [0.2, 0.25) is 11.8 Å². The predicted molar refractivity (Wildman–Crippen MR) is 96.7 cm³/mol. The number of benzene rings is 2. The maximum Gasteiger partial charge on any atom is 0.232 e. The number of carbonyl (C=O) groups excluding carboxylic acids is 2. The van der Waals surface area contributed by atoms with Crippen LogP contribution in [-0.4, -0.2) is 36.9 Å². The summed E-state index contributed by atoms with van der Waals surface area (Å²) in [6, 6.07) is 16.9. The third kappa shape index (κ3) is 3.82. The Morgan fingerprint density at radius 1 is 1.12 bits per heavy atom. The molecule has 5 heteroatoms. The standard InChI is InChI=1S/C20H22N2O3/c1-3-22-14-15(13-19(22)23)20(24)21(2)16-9-11-18(12-10-16)25-17-7-5-4-6-8-17/h4-12,15H,3,13-14H2,1-2H3/t15-/m1/s1. The van der Waals surface area contributed by atoms with E-state index < -0.39 is 0 Å². The molecular formula is C20H22N2O3. The lowest BCUT2D eigenvalue weighted by molar-refractivity contribution is -0.128. The van der Waals surface area contributed by atoms with Gasteiger partial charge < -0.3 is 14.5 Å². The maximum absolute atomic E-state index is 12.6. The Kier molecular flexibility index (Phi) is 5.03. The van der Waals surface area contributed by atoms with Gasteiger partial charge >= 0.3 is 0 Å². The molecule has 2 aromatic rings. The van der Waals surface area contributed by atoms with E-state index in [4.69, 9.17) is 4.74 Å². The van der Waals surface area contributed by atoms with E-state index in [1.807, 2.05) is 61.5 Å². The fourth-order valence-corrected chi connectivity index (χ4v) is 3.01. The molecule has 3 rings (SSSR count). The molecule has 1 atom stereocenters. The lowest BCUT2D eigenvalue weighted by Crippen LogP contribution is -2.34. The summed E-state index contributed by atoms with van der Waals surface area (Å²) in [6.07, 6.45) is 0.298. The van der Waals surface area contributed by atoms with Crippen molar-refractivity contribution in [2.24, 2.45) is 5.92 Å². The Bertz CT molecular complexity index is 743. The molecule has 0 bridgehead atoms. The van der Waals surface area contributed by atoms with Crippen LogP contribution in [0.2, 0.25) is 0 Å². The molecule has 1 saturated heterocycles. The van der Waals surface area contributed by atoms with Gasteiger partial charge in [0.15, 0.2) is 0 Å². The van der Waals surface area contributed by atoms with Gasteiger partial charge in [-0.15, -0.1) is 0 Å². The van der Waals surface area contributed by atoms with Crippen LogP contribution >= 0.6 is 0 Å². The molecule has 130 valence electrons. The van der Waals surface area contributed by atoms with Crippen molar-refractivity contribution >= 4 is 17.5 Å². The average Bonchev–Trinajstić information content (AvgIpc) is 3.03. The molecular weight excluding hydrogens is 316 g/mol. The third-order valence-electron chi connectivity index (χ3n) is 4.48. The molecule has 1 aliphatic rings. The molecule has 0 unspecified atom stereocenters. The third-order valence-corrected chi connectivity index (χ3v) is 4.48. The Hall–Kier alpha value is -2.82. The molecule has 1 aliphatic heterocycles. The van der Waals surface area contributed by atoms with E-state index in [0.717, 1.165) is 11.4 Å². The number of rotatable bonds is 5. The highest BCUT2D eigenvalue weighted by atomic mass is 16.5. The summed E-state index contributed by atoms with van der Waals surface area (Å²) < 4.78 is 5.76. The van der Waals surface area contributed by atoms with Crippen molar-refractivity contribution in [1.82, 2.24) is 4.90 Å². The molecule has 0 N–H and O–H groups in total. The zero-order valence-electron chi connectivity index (χ0n) is 14.5. The largest absolute Gasteiger partial charge is 0.457 e. The Morgan fingerprint density at radius 2 is 1.76 bits per heavy atom. The monoisotopic (exact) mass is 338 g/mol. The average molecular weight is 338 g/mol. The number of ether oxygens (including phenoxy) is 1. The maximum atomic E-state index is 12.6. The van der Waals surface area contributed by atoms with Gasteiger partial charge in [-0.3, -0.25) is 9.59 Å². The highest BCUT2D eigenvalue weighted by Gasteiger charge is 2.35. The second-order valence-electron chi connectivity index (χ2n) is 6.14. The zero-order valence-corrected chi connectivity index (χ0v) is 14.5. The van der Waals surface area contributed by atoms with E-state index in [1.165, 1.54) is 0 Å². The molecule has 5 nitrogen and oxygen atoms in total. The highest BCUT2D eigenvalue weighted by Crippen LogP contribution is 2.26. The number of para-hydroxylation sites is 1. The smallest absolute Gasteiger partial charge is 0.232 e. The lowest BCUT2D eigenvalue weighted by Gasteiger charge is -2.21. The van der Waals surface area contributed by atoms with Crippen molar-refractivity contribution in [3.63, 3.8) is 0 Å². The molecule has 0 radical (unpaired) electrons. The highest BCUT2D eigenvalue weighted by molar-refractivity contribution is 5.98. The van der Waals surface area contributed by atoms with Crippen LogP contribution in [0.5, 0.6) is 11.5 Å². The summed E-state index contributed by atoms with van der Waals surface area (Å²) in [5.41, 5.74) is 0.785. The van der Waals surface area contributed by atoms with Crippen molar-refractivity contribution < 1.29 is 14.3 Å². The van der Waals surface area contributed by atoms with E-state index in [9.17, 15) is 9.59 Å². The first-order valence-corrected chi connectivity index (χ1v) is 8.46. The molecule has 2 amide bonds. The van der Waals surface area contributed by atoms with E-state index in [1.54, 1.807) is 16.8 Å². The first kappa shape index (κ1) is 17.0. The van der Waals surface area contributed by atoms with Gasteiger partial charge in [-0.05, 0) is 43.3 Å². The quantitative estimate of drug-likeness (QED) is 0.840. The fraction of sp³-hybridized carbons (Fsp3) is 0.300. The summed E-state index contributed by atoms with van der Waals surface area (Å²) in [6.45, 7) is 3.09. The Labute approximate surface area is 147 Å². The van der Waals surface area contributed by atoms with Gasteiger partial charge in [0.05, 0.1) is 5.92 Å². The first-order chi connectivity index (χ1) is 12.1. The number of anilines is 1. The zero-order chi connectivity index (χ0) is 17.8. The van der Waals surface area contributed by atoms with Crippen molar-refractivity contribution in [2.45, 2.75) is 13.3 Å². The van der Waals surface area contributed by atoms with Crippen LogP contribution in [0, 0.1) is 5.92 Å². The van der Waals surface area contributed by atoms with Crippen LogP contribution in [0.3, 0.4) is 0 Å². The van der Waals surface area contributed by atoms with E-state index >= 15 is 0 Å². The molecule has 1 heterocycles. The molecule has 2 aromatic carbocycles. The topological polar surface area (TPSA) is 49.9 Å². The number of hydrogen-bond acceptors (Lipinski definition) is 3. The van der Waals surface area contributed by atoms with Crippen molar-refractivity contribution in [3.8, 4) is 11.5 Å². The fourth-order valence-electron chi connectivity index (χ4n) is 3.01. The minimum atomic E-state index is -0.266. The van der Waals surface area contributed by atoms with Gasteiger partial charge in [0.25, 0.3) is 0 Å². The molecule has 0 aliphatic carbocycles. The second kappa shape index (κ2) is 7.38. The summed E-state index contributed by atoms with van der Waals surface area (Å²) in [7, 11) is 1.74. The summed E-state index contributed by atoms with van der Waals surface area (Å²) in [4.78, 5) is 27.8. The van der Waals surface area contributed by atoms with Crippen LogP contribution in [0.1, 0.15) is 13.3 Å². The number of carbonyl (C=O) groups is 2. The number of amides is 2. The van der Waals surface area contributed by atoms with Crippen LogP contribution in [0.4, 0.5) is 5.69 Å². The molecule has 25 heavy (non-hydrogen) atoms. The Morgan fingerprint density at radius 3 is 2.36 bits per heavy atom. The SMILES string of the molecule is CCN1C[C@H](C(=O)N(C)c2ccc(Oc3ccccc3)cc2)CC1=O. The normalized spacial score (nSPS) is 16.8. The van der Waals surface area contributed by atoms with Gasteiger partial charge in [0.1, 0.15) is 11.5 Å². The van der Waals surface area contributed by atoms with Gasteiger partial charge in [-0.25, -0.2) is 0 Å². The van der Waals surface area contributed by atoms with Crippen LogP contribution < -0.4 is 9.64 Å². The van der Waals surface area contributed by atoms with Gasteiger partial charge in [-0.1, -0.05) is 18.2 Å². The second-order valence-corrected chi connectivity index (χ2v) is 6.14. The van der Waals surface area contributed by atoms with E-state index in [2.05, 4.69) is 0 Å². The molecule has 0 saturated carbocycles. The van der Waals surface area contributed by atoms with Crippen molar-refractivity contribution in [3.05, 3.63) is 54.6 Å². The number of nitrogens with zero attached hydrogens (tertiary/aromatic N) is 2. The summed E-state index contributed by atoms with van der Waals surface area (Å²) in [5, 5.41) is 0. The lowest BCUT2D eigenvalue weighted by atomic mass is 10.1.